The fraction of sp³-hybridized carbons (Fsp3) is 0.0870. The van der Waals surface area contributed by atoms with E-state index in [0.717, 1.165) is 15.6 Å². The maximum absolute atomic E-state index is 12.6. The van der Waals surface area contributed by atoms with Crippen LogP contribution >= 0.6 is 11.5 Å². The highest BCUT2D eigenvalue weighted by Gasteiger charge is 2.15. The van der Waals surface area contributed by atoms with Crippen molar-refractivity contribution in [3.8, 4) is 0 Å². The minimum Gasteiger partial charge on any atom is -0.346 e. The van der Waals surface area contributed by atoms with Crippen molar-refractivity contribution in [2.45, 2.75) is 13.0 Å². The number of carbonyl (C=O) groups is 2. The van der Waals surface area contributed by atoms with Crippen molar-refractivity contribution >= 4 is 39.1 Å². The molecule has 0 aliphatic carbocycles. The molecule has 6 heteroatoms. The van der Waals surface area contributed by atoms with Crippen molar-refractivity contribution in [3.05, 3.63) is 95.7 Å². The van der Waals surface area contributed by atoms with Crippen molar-refractivity contribution in [2.75, 3.05) is 5.32 Å². The smallest absolute Gasteiger partial charge is 0.276 e. The van der Waals surface area contributed by atoms with Gasteiger partial charge in [-0.2, -0.15) is 4.37 Å². The van der Waals surface area contributed by atoms with Crippen molar-refractivity contribution < 1.29 is 9.59 Å². The Morgan fingerprint density at radius 1 is 0.862 bits per heavy atom. The van der Waals surface area contributed by atoms with E-state index in [0.29, 0.717) is 16.9 Å². The molecule has 4 rings (SSSR count). The second kappa shape index (κ2) is 8.24. The first-order valence-electron chi connectivity index (χ1n) is 9.23. The molecular weight excluding hydrogens is 382 g/mol. The number of hydrogen-bond donors (Lipinski definition) is 2. The van der Waals surface area contributed by atoms with Crippen LogP contribution in [0.5, 0.6) is 0 Å². The number of fused-ring (bicyclic) bond motifs is 1. The molecule has 0 bridgehead atoms. The Labute approximate surface area is 172 Å². The number of nitrogens with zero attached hydrogens (tertiary/aromatic N) is 1. The minimum atomic E-state index is -0.266. The van der Waals surface area contributed by atoms with Crippen LogP contribution < -0.4 is 10.6 Å². The van der Waals surface area contributed by atoms with Gasteiger partial charge in [-0.05, 0) is 54.4 Å². The molecule has 0 unspecified atom stereocenters. The zero-order valence-electron chi connectivity index (χ0n) is 15.8. The summed E-state index contributed by atoms with van der Waals surface area (Å²) in [7, 11) is 0. The predicted molar refractivity (Wildman–Crippen MR) is 116 cm³/mol. The van der Waals surface area contributed by atoms with Gasteiger partial charge < -0.3 is 10.6 Å². The van der Waals surface area contributed by atoms with Crippen LogP contribution in [-0.4, -0.2) is 16.2 Å². The van der Waals surface area contributed by atoms with Gasteiger partial charge in [0.15, 0.2) is 0 Å². The second-order valence-corrected chi connectivity index (χ2v) is 7.47. The van der Waals surface area contributed by atoms with Gasteiger partial charge in [-0.1, -0.05) is 48.5 Å². The number of nitrogens with one attached hydrogen (secondary N) is 2. The third kappa shape index (κ3) is 4.17. The quantitative estimate of drug-likeness (QED) is 0.492. The van der Waals surface area contributed by atoms with Crippen LogP contribution in [0.3, 0.4) is 0 Å². The molecule has 0 fully saturated rings. The first kappa shape index (κ1) is 18.8. The number of carbonyl (C=O) groups excluding carboxylic acids is 2. The third-order valence-electron chi connectivity index (χ3n) is 4.64. The van der Waals surface area contributed by atoms with E-state index in [2.05, 4.69) is 15.0 Å². The molecule has 5 nitrogen and oxygen atoms in total. The van der Waals surface area contributed by atoms with Crippen molar-refractivity contribution in [2.24, 2.45) is 0 Å². The van der Waals surface area contributed by atoms with E-state index in [9.17, 15) is 9.59 Å². The summed E-state index contributed by atoms with van der Waals surface area (Å²) in [5.74, 6) is -0.429. The highest BCUT2D eigenvalue weighted by Crippen LogP contribution is 2.23. The Bertz CT molecular complexity index is 1150. The van der Waals surface area contributed by atoms with Gasteiger partial charge in [0.1, 0.15) is 5.69 Å². The molecule has 0 aliphatic heterocycles. The van der Waals surface area contributed by atoms with Crippen LogP contribution in [-0.2, 0) is 0 Å². The molecule has 4 aromatic rings. The molecule has 0 saturated heterocycles. The fourth-order valence-corrected chi connectivity index (χ4v) is 3.82. The summed E-state index contributed by atoms with van der Waals surface area (Å²) < 4.78 is 5.23. The molecule has 0 spiro atoms. The Morgan fingerprint density at radius 3 is 2.31 bits per heavy atom. The van der Waals surface area contributed by atoms with E-state index in [1.165, 1.54) is 11.5 Å². The molecule has 0 saturated carbocycles. The lowest BCUT2D eigenvalue weighted by molar-refractivity contribution is 0.0939. The van der Waals surface area contributed by atoms with E-state index in [4.69, 9.17) is 0 Å². The van der Waals surface area contributed by atoms with E-state index >= 15 is 0 Å². The number of hydrogen-bond acceptors (Lipinski definition) is 4. The lowest BCUT2D eigenvalue weighted by atomic mass is 10.1. The largest absolute Gasteiger partial charge is 0.346 e. The topological polar surface area (TPSA) is 71.1 Å². The van der Waals surface area contributed by atoms with Gasteiger partial charge >= 0.3 is 0 Å². The van der Waals surface area contributed by atoms with Crippen molar-refractivity contribution in [3.63, 3.8) is 0 Å². The first-order chi connectivity index (χ1) is 14.1. The van der Waals surface area contributed by atoms with E-state index in [1.54, 1.807) is 24.3 Å². The molecule has 2 amide bonds. The Kier molecular flexibility index (Phi) is 5.35. The Morgan fingerprint density at radius 2 is 1.55 bits per heavy atom. The summed E-state index contributed by atoms with van der Waals surface area (Å²) in [5.41, 5.74) is 2.59. The summed E-state index contributed by atoms with van der Waals surface area (Å²) >= 11 is 1.30. The molecule has 144 valence electrons. The van der Waals surface area contributed by atoms with E-state index in [-0.39, 0.29) is 17.9 Å². The van der Waals surface area contributed by atoms with Crippen molar-refractivity contribution in [1.82, 2.24) is 9.69 Å². The number of aromatic nitrogens is 1. The van der Waals surface area contributed by atoms with Crippen molar-refractivity contribution in [1.29, 1.82) is 0 Å². The molecule has 3 aromatic carbocycles. The monoisotopic (exact) mass is 401 g/mol. The van der Waals surface area contributed by atoms with E-state index in [1.807, 2.05) is 61.5 Å². The molecule has 2 N–H and O–H groups in total. The summed E-state index contributed by atoms with van der Waals surface area (Å²) in [6.07, 6.45) is 0. The third-order valence-corrected chi connectivity index (χ3v) is 5.47. The maximum atomic E-state index is 12.6. The van der Waals surface area contributed by atoms with Gasteiger partial charge in [-0.15, -0.1) is 0 Å². The summed E-state index contributed by atoms with van der Waals surface area (Å²) in [5, 5.41) is 6.66. The maximum Gasteiger partial charge on any atom is 0.276 e. The molecule has 0 aliphatic rings. The minimum absolute atomic E-state index is 0.0963. The highest BCUT2D eigenvalue weighted by atomic mass is 32.1. The molecular formula is C23H19N3O2S. The summed E-state index contributed by atoms with van der Waals surface area (Å²) in [6, 6.07) is 24.2. The zero-order valence-corrected chi connectivity index (χ0v) is 16.6. The number of benzene rings is 3. The van der Waals surface area contributed by atoms with Crippen LogP contribution in [0.1, 0.15) is 39.4 Å². The van der Waals surface area contributed by atoms with Crippen LogP contribution in [0.4, 0.5) is 5.69 Å². The number of rotatable bonds is 5. The average Bonchev–Trinajstić information content (AvgIpc) is 3.19. The molecule has 1 aromatic heterocycles. The Balaban J connectivity index is 1.42. The van der Waals surface area contributed by atoms with Crippen LogP contribution in [0.15, 0.2) is 78.9 Å². The zero-order chi connectivity index (χ0) is 20.2. The van der Waals surface area contributed by atoms with Crippen LogP contribution in [0.2, 0.25) is 0 Å². The number of anilines is 1. The predicted octanol–water partition coefficient (Wildman–Crippen LogP) is 5.04. The van der Waals surface area contributed by atoms with Gasteiger partial charge in [0.25, 0.3) is 11.8 Å². The van der Waals surface area contributed by atoms with Gasteiger partial charge in [0.2, 0.25) is 0 Å². The summed E-state index contributed by atoms with van der Waals surface area (Å²) in [6.45, 7) is 1.94. The SMILES string of the molecule is C[C@@H](NC(=O)c1ccc(NC(=O)c2nsc3ccccc23)cc1)c1ccccc1. The lowest BCUT2D eigenvalue weighted by Gasteiger charge is -2.14. The van der Waals surface area contributed by atoms with Gasteiger partial charge in [-0.25, -0.2) is 0 Å². The molecule has 29 heavy (non-hydrogen) atoms. The first-order valence-corrected chi connectivity index (χ1v) is 10.0. The average molecular weight is 401 g/mol. The van der Waals surface area contributed by atoms with Crippen LogP contribution in [0.25, 0.3) is 10.1 Å². The Hall–Kier alpha value is -3.51. The second-order valence-electron chi connectivity index (χ2n) is 6.66. The number of amides is 2. The van der Waals surface area contributed by atoms with Gasteiger partial charge in [0.05, 0.1) is 10.7 Å². The summed E-state index contributed by atoms with van der Waals surface area (Å²) in [4.78, 5) is 25.1. The lowest BCUT2D eigenvalue weighted by Crippen LogP contribution is -2.26. The molecule has 1 heterocycles. The van der Waals surface area contributed by atoms with Crippen LogP contribution in [0, 0.1) is 0 Å². The van der Waals surface area contributed by atoms with Gasteiger partial charge in [-0.3, -0.25) is 9.59 Å². The highest BCUT2D eigenvalue weighted by molar-refractivity contribution is 7.13. The standard InChI is InChI=1S/C23H19N3O2S/c1-15(16-7-3-2-4-8-16)24-22(27)17-11-13-18(14-12-17)25-23(28)21-19-9-5-6-10-20(19)29-26-21/h2-15H,1H3,(H,24,27)(H,25,28)/t15-/m1/s1. The molecule has 0 radical (unpaired) electrons. The van der Waals surface area contributed by atoms with Gasteiger partial charge in [0, 0.05) is 16.6 Å². The normalized spacial score (nSPS) is 11.8. The molecule has 1 atom stereocenters. The fourth-order valence-electron chi connectivity index (χ4n) is 3.05. The van der Waals surface area contributed by atoms with E-state index < -0.39 is 0 Å².